The standard InChI is InChI=1S/C22H22ClN5O/c23-15-3-4-18-14(10-15)11-16(27(18)9-1-2-20(24)25)13-28-19-12-26-8-5-17(19)22(6-7-22)21(28)29/h3-5,8,10-12H,1-2,6-7,9,13H2,(H3,24,25). The van der Waals surface area contributed by atoms with Gasteiger partial charge in [0.2, 0.25) is 5.91 Å². The average molecular weight is 408 g/mol. The zero-order valence-electron chi connectivity index (χ0n) is 16.0. The molecule has 1 aliphatic heterocycles. The smallest absolute Gasteiger partial charge is 0.238 e. The lowest BCUT2D eigenvalue weighted by Crippen LogP contribution is -2.32. The second-order valence-corrected chi connectivity index (χ2v) is 8.42. The Balaban J connectivity index is 1.53. The van der Waals surface area contributed by atoms with E-state index in [0.29, 0.717) is 18.0 Å². The predicted octanol–water partition coefficient (Wildman–Crippen LogP) is 3.98. The molecule has 3 aromatic rings. The van der Waals surface area contributed by atoms with Crippen LogP contribution < -0.4 is 10.6 Å². The fraction of sp³-hybridized carbons (Fsp3) is 0.318. The quantitative estimate of drug-likeness (QED) is 0.478. The Morgan fingerprint density at radius 3 is 2.86 bits per heavy atom. The summed E-state index contributed by atoms with van der Waals surface area (Å²) in [5.41, 5.74) is 9.37. The molecule has 148 valence electrons. The number of amidine groups is 1. The molecule has 0 radical (unpaired) electrons. The van der Waals surface area contributed by atoms with Crippen LogP contribution in [0.3, 0.4) is 0 Å². The van der Waals surface area contributed by atoms with Gasteiger partial charge in [-0.25, -0.2) is 0 Å². The van der Waals surface area contributed by atoms with Gasteiger partial charge in [0.1, 0.15) is 0 Å². The number of nitrogens with zero attached hydrogens (tertiary/aromatic N) is 3. The fourth-order valence-electron chi connectivity index (χ4n) is 4.54. The molecule has 1 saturated carbocycles. The second-order valence-electron chi connectivity index (χ2n) is 7.99. The Morgan fingerprint density at radius 1 is 1.28 bits per heavy atom. The van der Waals surface area contributed by atoms with Crippen LogP contribution in [0.2, 0.25) is 5.02 Å². The molecule has 2 aliphatic rings. The molecule has 3 N–H and O–H groups in total. The number of pyridine rings is 1. The minimum absolute atomic E-state index is 0.180. The number of anilines is 1. The van der Waals surface area contributed by atoms with Crippen LogP contribution in [0.25, 0.3) is 10.9 Å². The van der Waals surface area contributed by atoms with Gasteiger partial charge in [-0.2, -0.15) is 0 Å². The molecule has 0 atom stereocenters. The van der Waals surface area contributed by atoms with Gasteiger partial charge in [0, 0.05) is 40.8 Å². The summed E-state index contributed by atoms with van der Waals surface area (Å²) in [7, 11) is 0. The predicted molar refractivity (Wildman–Crippen MR) is 114 cm³/mol. The first-order chi connectivity index (χ1) is 14.0. The molecule has 3 heterocycles. The third-order valence-corrected chi connectivity index (χ3v) is 6.34. The van der Waals surface area contributed by atoms with E-state index in [-0.39, 0.29) is 17.2 Å². The molecule has 1 amide bonds. The van der Waals surface area contributed by atoms with Crippen molar-refractivity contribution in [3.63, 3.8) is 0 Å². The molecule has 2 aromatic heterocycles. The number of hydrogen-bond acceptors (Lipinski definition) is 3. The van der Waals surface area contributed by atoms with E-state index in [1.54, 1.807) is 12.4 Å². The number of rotatable bonds is 6. The highest BCUT2D eigenvalue weighted by Crippen LogP contribution is 2.57. The lowest BCUT2D eigenvalue weighted by molar-refractivity contribution is -0.120. The molecule has 1 aromatic carbocycles. The first-order valence-electron chi connectivity index (χ1n) is 9.87. The molecule has 1 spiro atoms. The average Bonchev–Trinajstić information content (AvgIpc) is 3.39. The van der Waals surface area contributed by atoms with Gasteiger partial charge in [0.05, 0.1) is 29.7 Å². The van der Waals surface area contributed by atoms with Gasteiger partial charge in [-0.1, -0.05) is 11.6 Å². The lowest BCUT2D eigenvalue weighted by atomic mass is 9.99. The van der Waals surface area contributed by atoms with E-state index in [1.807, 2.05) is 29.2 Å². The first-order valence-corrected chi connectivity index (χ1v) is 10.2. The van der Waals surface area contributed by atoms with Gasteiger partial charge < -0.3 is 15.2 Å². The van der Waals surface area contributed by atoms with Crippen LogP contribution >= 0.6 is 11.6 Å². The van der Waals surface area contributed by atoms with Crippen molar-refractivity contribution in [3.8, 4) is 0 Å². The third-order valence-electron chi connectivity index (χ3n) is 6.11. The minimum Gasteiger partial charge on any atom is -0.388 e. The number of carbonyl (C=O) groups is 1. The Bertz CT molecular complexity index is 1150. The second kappa shape index (κ2) is 6.59. The molecule has 7 heteroatoms. The number of benzene rings is 1. The Hall–Kier alpha value is -2.86. The SMILES string of the molecule is N=C(N)CCCn1c(CN2C(=O)C3(CC3)c3ccncc32)cc2cc(Cl)ccc21. The summed E-state index contributed by atoms with van der Waals surface area (Å²) in [6.45, 7) is 1.22. The number of fused-ring (bicyclic) bond motifs is 3. The van der Waals surface area contributed by atoms with Crippen molar-refractivity contribution in [2.75, 3.05) is 4.90 Å². The Morgan fingerprint density at radius 2 is 2.10 bits per heavy atom. The maximum absolute atomic E-state index is 13.3. The zero-order chi connectivity index (χ0) is 20.2. The molecule has 5 rings (SSSR count). The van der Waals surface area contributed by atoms with Gasteiger partial charge in [-0.05, 0) is 55.2 Å². The highest BCUT2D eigenvalue weighted by Gasteiger charge is 2.59. The van der Waals surface area contributed by atoms with Gasteiger partial charge >= 0.3 is 0 Å². The normalized spacial score (nSPS) is 16.6. The summed E-state index contributed by atoms with van der Waals surface area (Å²) in [5, 5.41) is 9.24. The Kier molecular flexibility index (Phi) is 4.13. The Labute approximate surface area is 173 Å². The summed E-state index contributed by atoms with van der Waals surface area (Å²) in [4.78, 5) is 19.4. The van der Waals surface area contributed by atoms with E-state index in [2.05, 4.69) is 15.6 Å². The van der Waals surface area contributed by atoms with E-state index >= 15 is 0 Å². The van der Waals surface area contributed by atoms with E-state index in [4.69, 9.17) is 22.7 Å². The molecule has 0 saturated heterocycles. The van der Waals surface area contributed by atoms with Gasteiger partial charge in [0.15, 0.2) is 0 Å². The monoisotopic (exact) mass is 407 g/mol. The molecular weight excluding hydrogens is 386 g/mol. The summed E-state index contributed by atoms with van der Waals surface area (Å²) >= 11 is 6.21. The van der Waals surface area contributed by atoms with Gasteiger partial charge in [-0.3, -0.25) is 15.2 Å². The van der Waals surface area contributed by atoms with Crippen molar-refractivity contribution >= 4 is 39.9 Å². The highest BCUT2D eigenvalue weighted by atomic mass is 35.5. The number of aromatic nitrogens is 2. The number of amides is 1. The molecule has 6 nitrogen and oxygen atoms in total. The number of hydrogen-bond donors (Lipinski definition) is 2. The lowest BCUT2D eigenvalue weighted by Gasteiger charge is -2.19. The summed E-state index contributed by atoms with van der Waals surface area (Å²) in [5.74, 6) is 0.371. The maximum atomic E-state index is 13.3. The number of halogens is 1. The van der Waals surface area contributed by atoms with Crippen LogP contribution in [0, 0.1) is 5.41 Å². The van der Waals surface area contributed by atoms with E-state index < -0.39 is 0 Å². The number of carbonyl (C=O) groups excluding carboxylic acids is 1. The molecular formula is C22H22ClN5O. The number of nitrogens with two attached hydrogens (primary N) is 1. The van der Waals surface area contributed by atoms with Crippen LogP contribution in [0.5, 0.6) is 0 Å². The summed E-state index contributed by atoms with van der Waals surface area (Å²) in [6.07, 6.45) is 6.72. The molecule has 1 fully saturated rings. The van der Waals surface area contributed by atoms with Crippen molar-refractivity contribution in [2.45, 2.75) is 44.2 Å². The van der Waals surface area contributed by atoms with Crippen molar-refractivity contribution in [1.29, 1.82) is 5.41 Å². The van der Waals surface area contributed by atoms with Crippen LogP contribution in [-0.2, 0) is 23.3 Å². The van der Waals surface area contributed by atoms with Gasteiger partial charge in [0.25, 0.3) is 0 Å². The minimum atomic E-state index is -0.326. The zero-order valence-corrected chi connectivity index (χ0v) is 16.7. The van der Waals surface area contributed by atoms with Crippen molar-refractivity contribution in [2.24, 2.45) is 5.73 Å². The van der Waals surface area contributed by atoms with Crippen LogP contribution in [-0.4, -0.2) is 21.3 Å². The van der Waals surface area contributed by atoms with E-state index in [1.165, 1.54) is 0 Å². The molecule has 29 heavy (non-hydrogen) atoms. The first kappa shape index (κ1) is 18.2. The van der Waals surface area contributed by atoms with Gasteiger partial charge in [-0.15, -0.1) is 0 Å². The van der Waals surface area contributed by atoms with E-state index in [9.17, 15) is 4.79 Å². The maximum Gasteiger partial charge on any atom is 0.238 e. The molecule has 0 unspecified atom stereocenters. The van der Waals surface area contributed by atoms with Crippen LogP contribution in [0.1, 0.15) is 36.9 Å². The molecule has 0 bridgehead atoms. The van der Waals surface area contributed by atoms with Crippen molar-refractivity contribution in [3.05, 3.63) is 59.0 Å². The highest BCUT2D eigenvalue weighted by molar-refractivity contribution is 6.31. The van der Waals surface area contributed by atoms with Crippen molar-refractivity contribution in [1.82, 2.24) is 9.55 Å². The van der Waals surface area contributed by atoms with Crippen LogP contribution in [0.15, 0.2) is 42.7 Å². The third kappa shape index (κ3) is 2.90. The largest absolute Gasteiger partial charge is 0.388 e. The van der Waals surface area contributed by atoms with E-state index in [0.717, 1.165) is 53.7 Å². The topological polar surface area (TPSA) is 88.0 Å². The fourth-order valence-corrected chi connectivity index (χ4v) is 4.72. The summed E-state index contributed by atoms with van der Waals surface area (Å²) in [6, 6.07) is 9.94. The number of nitrogens with one attached hydrogen (secondary N) is 1. The van der Waals surface area contributed by atoms with Crippen LogP contribution in [0.4, 0.5) is 5.69 Å². The number of aryl methyl sites for hydroxylation is 1. The van der Waals surface area contributed by atoms with Crippen molar-refractivity contribution < 1.29 is 4.79 Å². The molecule has 1 aliphatic carbocycles. The summed E-state index contributed by atoms with van der Waals surface area (Å²) < 4.78 is 2.22.